The zero-order valence-electron chi connectivity index (χ0n) is 12.3. The summed E-state index contributed by atoms with van der Waals surface area (Å²) in [6, 6.07) is 8.14. The smallest absolute Gasteiger partial charge is 0.0730 e. The van der Waals surface area contributed by atoms with E-state index in [1.807, 2.05) is 18.2 Å². The third-order valence-electron chi connectivity index (χ3n) is 4.87. The zero-order valence-corrected chi connectivity index (χ0v) is 13.8. The van der Waals surface area contributed by atoms with Crippen molar-refractivity contribution in [1.29, 1.82) is 0 Å². The van der Waals surface area contributed by atoms with Crippen LogP contribution in [0.25, 0.3) is 0 Å². The second-order valence-corrected chi connectivity index (χ2v) is 7.11. The average molecular weight is 355 g/mol. The number of ether oxygens (including phenoxy) is 2. The molecule has 0 aliphatic carbocycles. The molecular weight excluding hydrogens is 332 g/mol. The Kier molecular flexibility index (Phi) is 4.99. The highest BCUT2D eigenvalue weighted by Crippen LogP contribution is 2.39. The standard InChI is InChI=1S/C17H23BrO3/c18-15-4-2-1-3-13(15)11-16(19)14-5-8-21-17(12-14)6-9-20-10-7-17/h1-4,14,16,19H,5-12H2. The molecule has 0 amide bonds. The molecule has 0 radical (unpaired) electrons. The quantitative estimate of drug-likeness (QED) is 0.904. The van der Waals surface area contributed by atoms with E-state index in [9.17, 15) is 5.11 Å². The second kappa shape index (κ2) is 6.78. The van der Waals surface area contributed by atoms with Gasteiger partial charge in [-0.05, 0) is 49.7 Å². The van der Waals surface area contributed by atoms with Crippen LogP contribution in [0.15, 0.2) is 28.7 Å². The molecule has 2 fully saturated rings. The minimum atomic E-state index is -0.299. The summed E-state index contributed by atoms with van der Waals surface area (Å²) in [6.45, 7) is 2.33. The fourth-order valence-electron chi connectivity index (χ4n) is 3.54. The van der Waals surface area contributed by atoms with Gasteiger partial charge in [-0.25, -0.2) is 0 Å². The maximum Gasteiger partial charge on any atom is 0.0730 e. The van der Waals surface area contributed by atoms with E-state index in [4.69, 9.17) is 9.47 Å². The number of aliphatic hydroxyl groups is 1. The third kappa shape index (κ3) is 3.67. The van der Waals surface area contributed by atoms with Crippen LogP contribution in [-0.4, -0.2) is 36.6 Å². The monoisotopic (exact) mass is 354 g/mol. The van der Waals surface area contributed by atoms with Crippen LogP contribution in [0.5, 0.6) is 0 Å². The van der Waals surface area contributed by atoms with E-state index in [1.165, 1.54) is 5.56 Å². The first kappa shape index (κ1) is 15.5. The maximum atomic E-state index is 10.7. The van der Waals surface area contributed by atoms with E-state index in [0.29, 0.717) is 12.3 Å². The van der Waals surface area contributed by atoms with Gasteiger partial charge in [0.05, 0.1) is 11.7 Å². The van der Waals surface area contributed by atoms with Gasteiger partial charge in [0.15, 0.2) is 0 Å². The highest BCUT2D eigenvalue weighted by atomic mass is 79.9. The molecule has 0 aromatic heterocycles. The van der Waals surface area contributed by atoms with Gasteiger partial charge >= 0.3 is 0 Å². The lowest BCUT2D eigenvalue weighted by atomic mass is 9.77. The van der Waals surface area contributed by atoms with Crippen LogP contribution in [0, 0.1) is 5.92 Å². The van der Waals surface area contributed by atoms with Gasteiger partial charge < -0.3 is 14.6 Å². The van der Waals surface area contributed by atoms with Crippen LogP contribution >= 0.6 is 15.9 Å². The molecule has 3 rings (SSSR count). The Bertz CT molecular complexity index is 465. The molecule has 1 aromatic rings. The summed E-state index contributed by atoms with van der Waals surface area (Å²) in [7, 11) is 0. The van der Waals surface area contributed by atoms with Crippen molar-refractivity contribution in [2.45, 2.75) is 43.8 Å². The normalized spacial score (nSPS) is 26.7. The molecule has 1 N–H and O–H groups in total. The lowest BCUT2D eigenvalue weighted by Crippen LogP contribution is -2.47. The first-order valence-electron chi connectivity index (χ1n) is 7.82. The van der Waals surface area contributed by atoms with Crippen LogP contribution in [0.1, 0.15) is 31.2 Å². The fourth-order valence-corrected chi connectivity index (χ4v) is 3.99. The number of hydrogen-bond acceptors (Lipinski definition) is 3. The lowest BCUT2D eigenvalue weighted by Gasteiger charge is -2.44. The minimum absolute atomic E-state index is 0.0456. The van der Waals surface area contributed by atoms with Crippen molar-refractivity contribution in [2.75, 3.05) is 19.8 Å². The van der Waals surface area contributed by atoms with Gasteiger partial charge in [-0.1, -0.05) is 34.1 Å². The van der Waals surface area contributed by atoms with E-state index in [-0.39, 0.29) is 11.7 Å². The van der Waals surface area contributed by atoms with Crippen LogP contribution in [-0.2, 0) is 15.9 Å². The third-order valence-corrected chi connectivity index (χ3v) is 5.64. The van der Waals surface area contributed by atoms with Crippen LogP contribution in [0.4, 0.5) is 0 Å². The molecule has 116 valence electrons. The number of aliphatic hydroxyl groups excluding tert-OH is 1. The van der Waals surface area contributed by atoms with Gasteiger partial charge in [-0.15, -0.1) is 0 Å². The SMILES string of the molecule is OC(Cc1ccccc1Br)C1CCOC2(CCOCC2)C1. The highest BCUT2D eigenvalue weighted by Gasteiger charge is 2.40. The summed E-state index contributed by atoms with van der Waals surface area (Å²) in [5.41, 5.74) is 1.13. The molecule has 1 spiro atoms. The van der Waals surface area contributed by atoms with Crippen molar-refractivity contribution in [1.82, 2.24) is 0 Å². The largest absolute Gasteiger partial charge is 0.392 e. The first-order valence-corrected chi connectivity index (χ1v) is 8.61. The topological polar surface area (TPSA) is 38.7 Å². The summed E-state index contributed by atoms with van der Waals surface area (Å²) in [5.74, 6) is 0.323. The number of rotatable bonds is 3. The Morgan fingerprint density at radius 2 is 2.00 bits per heavy atom. The molecule has 2 atom stereocenters. The van der Waals surface area contributed by atoms with Gasteiger partial charge in [0.25, 0.3) is 0 Å². The van der Waals surface area contributed by atoms with Gasteiger partial charge in [-0.2, -0.15) is 0 Å². The van der Waals surface area contributed by atoms with E-state index in [1.54, 1.807) is 0 Å². The van der Waals surface area contributed by atoms with E-state index in [2.05, 4.69) is 22.0 Å². The molecule has 4 heteroatoms. The Hall–Kier alpha value is -0.420. The van der Waals surface area contributed by atoms with Crippen molar-refractivity contribution in [3.63, 3.8) is 0 Å². The molecule has 2 heterocycles. The number of hydrogen-bond donors (Lipinski definition) is 1. The van der Waals surface area contributed by atoms with Crippen molar-refractivity contribution in [2.24, 2.45) is 5.92 Å². The van der Waals surface area contributed by atoms with E-state index < -0.39 is 0 Å². The first-order chi connectivity index (χ1) is 10.2. The van der Waals surface area contributed by atoms with Gasteiger partial charge in [0.2, 0.25) is 0 Å². The Balaban J connectivity index is 1.64. The second-order valence-electron chi connectivity index (χ2n) is 6.26. The predicted octanol–water partition coefficient (Wildman–Crippen LogP) is 3.33. The summed E-state index contributed by atoms with van der Waals surface area (Å²) < 4.78 is 12.6. The van der Waals surface area contributed by atoms with Crippen LogP contribution < -0.4 is 0 Å². The van der Waals surface area contributed by atoms with Crippen LogP contribution in [0.3, 0.4) is 0 Å². The fraction of sp³-hybridized carbons (Fsp3) is 0.647. The Labute approximate surface area is 134 Å². The van der Waals surface area contributed by atoms with Crippen molar-refractivity contribution >= 4 is 15.9 Å². The molecule has 21 heavy (non-hydrogen) atoms. The molecule has 2 aliphatic heterocycles. The Morgan fingerprint density at radius 3 is 2.76 bits per heavy atom. The van der Waals surface area contributed by atoms with Crippen molar-refractivity contribution in [3.05, 3.63) is 34.3 Å². The maximum absolute atomic E-state index is 10.7. The lowest BCUT2D eigenvalue weighted by molar-refractivity contribution is -0.158. The van der Waals surface area contributed by atoms with Crippen molar-refractivity contribution < 1.29 is 14.6 Å². The molecule has 2 saturated heterocycles. The molecule has 1 aromatic carbocycles. The van der Waals surface area contributed by atoms with Crippen LogP contribution in [0.2, 0.25) is 0 Å². The molecule has 0 saturated carbocycles. The molecule has 3 nitrogen and oxygen atoms in total. The van der Waals surface area contributed by atoms with Gasteiger partial charge in [0, 0.05) is 24.3 Å². The number of halogens is 1. The molecule has 2 aliphatic rings. The summed E-state index contributed by atoms with van der Waals surface area (Å²) in [5, 5.41) is 10.7. The molecule has 0 bridgehead atoms. The Morgan fingerprint density at radius 1 is 1.24 bits per heavy atom. The van der Waals surface area contributed by atoms with E-state index >= 15 is 0 Å². The highest BCUT2D eigenvalue weighted by molar-refractivity contribution is 9.10. The van der Waals surface area contributed by atoms with Gasteiger partial charge in [-0.3, -0.25) is 0 Å². The van der Waals surface area contributed by atoms with E-state index in [0.717, 1.165) is 50.0 Å². The zero-order chi connectivity index (χ0) is 14.7. The summed E-state index contributed by atoms with van der Waals surface area (Å²) in [6.07, 6.45) is 4.25. The van der Waals surface area contributed by atoms with Crippen molar-refractivity contribution in [3.8, 4) is 0 Å². The molecular formula is C17H23BrO3. The summed E-state index contributed by atoms with van der Waals surface area (Å²) in [4.78, 5) is 0. The molecule has 2 unspecified atom stereocenters. The number of benzene rings is 1. The minimum Gasteiger partial charge on any atom is -0.392 e. The predicted molar refractivity (Wildman–Crippen MR) is 85.3 cm³/mol. The van der Waals surface area contributed by atoms with Gasteiger partial charge in [0.1, 0.15) is 0 Å². The average Bonchev–Trinajstić information content (AvgIpc) is 2.50. The summed E-state index contributed by atoms with van der Waals surface area (Å²) >= 11 is 3.57.